The van der Waals surface area contributed by atoms with Gasteiger partial charge in [0.2, 0.25) is 5.91 Å². The molecule has 2 aliphatic heterocycles. The van der Waals surface area contributed by atoms with Crippen molar-refractivity contribution in [3.63, 3.8) is 0 Å². The zero-order valence-electron chi connectivity index (χ0n) is 16.6. The van der Waals surface area contributed by atoms with Gasteiger partial charge in [-0.05, 0) is 30.7 Å². The highest BCUT2D eigenvalue weighted by atomic mass is 16.6. The fourth-order valence-corrected chi connectivity index (χ4v) is 3.77. The van der Waals surface area contributed by atoms with Gasteiger partial charge >= 0.3 is 6.09 Å². The van der Waals surface area contributed by atoms with E-state index >= 15 is 0 Å². The Morgan fingerprint density at radius 2 is 2.20 bits per heavy atom. The number of carbonyl (C=O) groups excluding carboxylic acids is 3. The molecule has 1 aromatic carbocycles. The minimum absolute atomic E-state index is 0.0680. The summed E-state index contributed by atoms with van der Waals surface area (Å²) in [6.07, 6.45) is 0.355. The largest absolute Gasteiger partial charge is 0.442 e. The van der Waals surface area contributed by atoms with Gasteiger partial charge in [-0.25, -0.2) is 4.79 Å². The molecule has 2 aromatic rings. The van der Waals surface area contributed by atoms with Crippen LogP contribution in [-0.2, 0) is 9.53 Å². The van der Waals surface area contributed by atoms with E-state index in [9.17, 15) is 14.4 Å². The quantitative estimate of drug-likeness (QED) is 0.645. The molecule has 30 heavy (non-hydrogen) atoms. The van der Waals surface area contributed by atoms with E-state index in [0.717, 1.165) is 0 Å². The fourth-order valence-electron chi connectivity index (χ4n) is 3.77. The lowest BCUT2D eigenvalue weighted by atomic mass is 10.1. The van der Waals surface area contributed by atoms with Gasteiger partial charge in [-0.15, -0.1) is 0 Å². The summed E-state index contributed by atoms with van der Waals surface area (Å²) in [6.45, 7) is 4.51. The maximum absolute atomic E-state index is 13.0. The Kier molecular flexibility index (Phi) is 4.98. The molecule has 0 spiro atoms. The number of ether oxygens (including phenoxy) is 1. The number of anilines is 1. The zero-order chi connectivity index (χ0) is 21.4. The number of cyclic esters (lactones) is 1. The molecule has 0 aliphatic carbocycles. The highest BCUT2D eigenvalue weighted by molar-refractivity contribution is 5.98. The van der Waals surface area contributed by atoms with E-state index in [-0.39, 0.29) is 24.0 Å². The number of hydrogen-bond acceptors (Lipinski definition) is 6. The Bertz CT molecular complexity index is 1050. The van der Waals surface area contributed by atoms with Crippen LogP contribution >= 0.6 is 0 Å². The standard InChI is InChI=1S/C20H22N6O4/c1-11-9-25(10-14-8-22-20(29)30-14)19(28)18-6-17(24-26(11)18)15-4-3-13(7-21)5-16(15)23-12(2)27/h3-7,11,14,21H,8-10H2,1-2H3,(H,22,29)(H,23,27)/t11-,14+/m0/s1. The monoisotopic (exact) mass is 410 g/mol. The number of carbonyl (C=O) groups is 3. The smallest absolute Gasteiger partial charge is 0.407 e. The minimum atomic E-state index is -0.469. The summed E-state index contributed by atoms with van der Waals surface area (Å²) in [4.78, 5) is 37.6. The van der Waals surface area contributed by atoms with Crippen LogP contribution in [0.1, 0.15) is 35.9 Å². The summed E-state index contributed by atoms with van der Waals surface area (Å²) in [5, 5.41) is 17.4. The van der Waals surface area contributed by atoms with E-state index in [4.69, 9.17) is 10.1 Å². The van der Waals surface area contributed by atoms with E-state index in [1.54, 1.807) is 33.8 Å². The van der Waals surface area contributed by atoms with Gasteiger partial charge in [0.1, 0.15) is 11.8 Å². The third kappa shape index (κ3) is 3.63. The number of alkyl carbamates (subject to hydrolysis) is 1. The first-order chi connectivity index (χ1) is 14.4. The number of nitrogens with one attached hydrogen (secondary N) is 3. The van der Waals surface area contributed by atoms with Crippen molar-refractivity contribution >= 4 is 29.8 Å². The second-order valence-corrected chi connectivity index (χ2v) is 7.46. The number of fused-ring (bicyclic) bond motifs is 1. The van der Waals surface area contributed by atoms with Crippen LogP contribution in [-0.4, -0.2) is 64.5 Å². The number of benzene rings is 1. The van der Waals surface area contributed by atoms with Crippen LogP contribution in [0.25, 0.3) is 11.3 Å². The van der Waals surface area contributed by atoms with Crippen LogP contribution in [0.2, 0.25) is 0 Å². The minimum Gasteiger partial charge on any atom is -0.442 e. The molecule has 10 nitrogen and oxygen atoms in total. The molecule has 0 bridgehead atoms. The number of amides is 3. The van der Waals surface area contributed by atoms with Gasteiger partial charge in [-0.1, -0.05) is 6.07 Å². The first-order valence-corrected chi connectivity index (χ1v) is 9.61. The highest BCUT2D eigenvalue weighted by Crippen LogP contribution is 2.31. The highest BCUT2D eigenvalue weighted by Gasteiger charge is 2.34. The first-order valence-electron chi connectivity index (χ1n) is 9.61. The van der Waals surface area contributed by atoms with Crippen molar-refractivity contribution in [1.29, 1.82) is 5.41 Å². The predicted octanol–water partition coefficient (Wildman–Crippen LogP) is 1.63. The third-order valence-corrected chi connectivity index (χ3v) is 5.11. The van der Waals surface area contributed by atoms with Crippen molar-refractivity contribution in [2.24, 2.45) is 0 Å². The molecule has 0 unspecified atom stereocenters. The van der Waals surface area contributed by atoms with Crippen LogP contribution < -0.4 is 10.6 Å². The number of nitrogens with zero attached hydrogens (tertiary/aromatic N) is 3. The molecule has 2 atom stereocenters. The van der Waals surface area contributed by atoms with E-state index in [1.807, 2.05) is 6.92 Å². The summed E-state index contributed by atoms with van der Waals surface area (Å²) in [7, 11) is 0. The SMILES string of the molecule is CC(=O)Nc1cc(C=N)ccc1-c1cc2n(n1)[C@@H](C)CN(C[C@H]1CNC(=O)O1)C2=O. The van der Waals surface area contributed by atoms with Crippen molar-refractivity contribution in [3.05, 3.63) is 35.5 Å². The lowest BCUT2D eigenvalue weighted by molar-refractivity contribution is -0.114. The number of aromatic nitrogens is 2. The molecular weight excluding hydrogens is 388 g/mol. The molecule has 3 heterocycles. The molecular formula is C20H22N6O4. The maximum Gasteiger partial charge on any atom is 0.407 e. The molecule has 10 heteroatoms. The van der Waals surface area contributed by atoms with Gasteiger partial charge < -0.3 is 25.7 Å². The summed E-state index contributed by atoms with van der Waals surface area (Å²) in [5.74, 6) is -0.426. The Morgan fingerprint density at radius 3 is 2.87 bits per heavy atom. The van der Waals surface area contributed by atoms with Crippen molar-refractivity contribution in [2.45, 2.75) is 26.0 Å². The third-order valence-electron chi connectivity index (χ3n) is 5.11. The Balaban J connectivity index is 1.65. The molecule has 0 radical (unpaired) electrons. The zero-order valence-corrected chi connectivity index (χ0v) is 16.6. The van der Waals surface area contributed by atoms with Gasteiger partial charge in [0.05, 0.1) is 30.5 Å². The van der Waals surface area contributed by atoms with Gasteiger partial charge in [0, 0.05) is 25.2 Å². The second kappa shape index (κ2) is 7.62. The normalized spacial score (nSPS) is 20.4. The topological polar surface area (TPSA) is 129 Å². The summed E-state index contributed by atoms with van der Waals surface area (Å²) < 4.78 is 6.85. The number of hydrogen-bond donors (Lipinski definition) is 3. The molecule has 3 N–H and O–H groups in total. The van der Waals surface area contributed by atoms with E-state index in [1.165, 1.54) is 13.1 Å². The van der Waals surface area contributed by atoms with Crippen LogP contribution in [0, 0.1) is 5.41 Å². The van der Waals surface area contributed by atoms with E-state index in [2.05, 4.69) is 15.7 Å². The molecule has 2 aliphatic rings. The summed E-state index contributed by atoms with van der Waals surface area (Å²) in [6, 6.07) is 6.86. The van der Waals surface area contributed by atoms with Crippen LogP contribution in [0.15, 0.2) is 24.3 Å². The second-order valence-electron chi connectivity index (χ2n) is 7.46. The number of rotatable bonds is 5. The van der Waals surface area contributed by atoms with Crippen LogP contribution in [0.4, 0.5) is 10.5 Å². The van der Waals surface area contributed by atoms with Crippen molar-refractivity contribution < 1.29 is 19.1 Å². The van der Waals surface area contributed by atoms with E-state index < -0.39 is 6.09 Å². The van der Waals surface area contributed by atoms with Gasteiger partial charge in [0.15, 0.2) is 0 Å². The van der Waals surface area contributed by atoms with E-state index in [0.29, 0.717) is 47.8 Å². The van der Waals surface area contributed by atoms with Gasteiger partial charge in [-0.2, -0.15) is 5.10 Å². The Hall–Kier alpha value is -3.69. The van der Waals surface area contributed by atoms with Crippen molar-refractivity contribution in [1.82, 2.24) is 20.0 Å². The van der Waals surface area contributed by atoms with Crippen LogP contribution in [0.3, 0.4) is 0 Å². The van der Waals surface area contributed by atoms with Gasteiger partial charge in [-0.3, -0.25) is 14.3 Å². The summed E-state index contributed by atoms with van der Waals surface area (Å²) >= 11 is 0. The predicted molar refractivity (Wildman–Crippen MR) is 109 cm³/mol. The average Bonchev–Trinajstić information content (AvgIpc) is 3.32. The molecule has 1 aromatic heterocycles. The fraction of sp³-hybridized carbons (Fsp3) is 0.350. The molecule has 3 amide bonds. The molecule has 0 saturated carbocycles. The van der Waals surface area contributed by atoms with Gasteiger partial charge in [0.25, 0.3) is 5.91 Å². The first kappa shape index (κ1) is 19.6. The average molecular weight is 410 g/mol. The summed E-state index contributed by atoms with van der Waals surface area (Å²) in [5.41, 5.74) is 2.83. The molecule has 4 rings (SSSR count). The Morgan fingerprint density at radius 1 is 1.40 bits per heavy atom. The maximum atomic E-state index is 13.0. The molecule has 1 fully saturated rings. The molecule has 1 saturated heterocycles. The lowest BCUT2D eigenvalue weighted by Crippen LogP contribution is -2.46. The van der Waals surface area contributed by atoms with Crippen molar-refractivity contribution in [2.75, 3.05) is 25.0 Å². The Labute approximate surface area is 172 Å². The lowest BCUT2D eigenvalue weighted by Gasteiger charge is -2.32. The van der Waals surface area contributed by atoms with Crippen LogP contribution in [0.5, 0.6) is 0 Å². The molecule has 156 valence electrons. The van der Waals surface area contributed by atoms with Crippen molar-refractivity contribution in [3.8, 4) is 11.3 Å².